The Balaban J connectivity index is 2.20. The summed E-state index contributed by atoms with van der Waals surface area (Å²) in [7, 11) is 0. The van der Waals surface area contributed by atoms with Crippen LogP contribution >= 0.6 is 11.6 Å². The molecule has 0 radical (unpaired) electrons. The second-order valence-corrected chi connectivity index (χ2v) is 5.43. The van der Waals surface area contributed by atoms with Gasteiger partial charge in [-0.05, 0) is 36.5 Å². The van der Waals surface area contributed by atoms with Gasteiger partial charge in [0.05, 0.1) is 10.7 Å². The Labute approximate surface area is 108 Å². The number of halogens is 1. The molecule has 2 atom stereocenters. The molecule has 0 saturated carbocycles. The molecule has 1 aromatic rings. The lowest BCUT2D eigenvalue weighted by molar-refractivity contribution is 0.112. The molecule has 0 amide bonds. The number of aldehydes is 1. The molecule has 1 saturated heterocycles. The molecule has 0 aromatic heterocycles. The molecule has 0 N–H and O–H groups in total. The van der Waals surface area contributed by atoms with Crippen LogP contribution in [-0.4, -0.2) is 19.4 Å². The molecule has 2 unspecified atom stereocenters. The lowest BCUT2D eigenvalue weighted by Crippen LogP contribution is -2.38. The van der Waals surface area contributed by atoms with Gasteiger partial charge >= 0.3 is 0 Å². The fraction of sp³-hybridized carbons (Fsp3) is 0.500. The van der Waals surface area contributed by atoms with Gasteiger partial charge in [0.2, 0.25) is 0 Å². The summed E-state index contributed by atoms with van der Waals surface area (Å²) in [6.07, 6.45) is 2.03. The van der Waals surface area contributed by atoms with Gasteiger partial charge in [-0.2, -0.15) is 0 Å². The van der Waals surface area contributed by atoms with Crippen molar-refractivity contribution in [2.75, 3.05) is 18.0 Å². The number of benzene rings is 1. The third-order valence-corrected chi connectivity index (χ3v) is 4.09. The Morgan fingerprint density at radius 2 is 2.12 bits per heavy atom. The Hall–Kier alpha value is -1.02. The van der Waals surface area contributed by atoms with Gasteiger partial charge in [-0.25, -0.2) is 0 Å². The first-order chi connectivity index (χ1) is 8.11. The summed E-state index contributed by atoms with van der Waals surface area (Å²) < 4.78 is 0. The van der Waals surface area contributed by atoms with Crippen LogP contribution < -0.4 is 4.90 Å². The molecule has 3 heteroatoms. The summed E-state index contributed by atoms with van der Waals surface area (Å²) >= 11 is 6.23. The quantitative estimate of drug-likeness (QED) is 0.748. The molecule has 17 heavy (non-hydrogen) atoms. The molecule has 2 nitrogen and oxygen atoms in total. The van der Waals surface area contributed by atoms with Crippen LogP contribution in [0.2, 0.25) is 5.02 Å². The van der Waals surface area contributed by atoms with Gasteiger partial charge in [-0.1, -0.05) is 25.4 Å². The lowest BCUT2D eigenvalue weighted by atomic mass is 9.88. The number of nitrogens with zero attached hydrogens (tertiary/aromatic N) is 1. The molecule has 92 valence electrons. The third kappa shape index (κ3) is 2.63. The van der Waals surface area contributed by atoms with Crippen LogP contribution in [0.5, 0.6) is 0 Å². The molecular weight excluding hydrogens is 234 g/mol. The van der Waals surface area contributed by atoms with Gasteiger partial charge in [-0.15, -0.1) is 0 Å². The van der Waals surface area contributed by atoms with Crippen LogP contribution in [-0.2, 0) is 0 Å². The van der Waals surface area contributed by atoms with Crippen molar-refractivity contribution >= 4 is 23.6 Å². The standard InChI is InChI=1S/C14H18ClNO/c1-10-5-6-16(8-11(10)2)14-4-3-12(9-17)7-13(14)15/h3-4,7,9-11H,5-6,8H2,1-2H3. The summed E-state index contributed by atoms with van der Waals surface area (Å²) in [4.78, 5) is 13.0. The lowest BCUT2D eigenvalue weighted by Gasteiger charge is -2.37. The largest absolute Gasteiger partial charge is 0.370 e. The predicted molar refractivity (Wildman–Crippen MR) is 72.0 cm³/mol. The van der Waals surface area contributed by atoms with E-state index in [0.717, 1.165) is 31.0 Å². The van der Waals surface area contributed by atoms with E-state index in [4.69, 9.17) is 11.6 Å². The smallest absolute Gasteiger partial charge is 0.150 e. The highest BCUT2D eigenvalue weighted by Gasteiger charge is 2.23. The second-order valence-electron chi connectivity index (χ2n) is 5.02. The maximum absolute atomic E-state index is 10.7. The van der Waals surface area contributed by atoms with E-state index < -0.39 is 0 Å². The third-order valence-electron chi connectivity index (χ3n) is 3.78. The zero-order valence-corrected chi connectivity index (χ0v) is 11.1. The van der Waals surface area contributed by atoms with Crippen molar-refractivity contribution in [2.45, 2.75) is 20.3 Å². The molecule has 0 aliphatic carbocycles. The Kier molecular flexibility index (Phi) is 3.72. The molecule has 0 bridgehead atoms. The molecule has 1 aliphatic heterocycles. The number of carbonyl (C=O) groups excluding carboxylic acids is 1. The molecule has 2 rings (SSSR count). The Morgan fingerprint density at radius 1 is 1.35 bits per heavy atom. The number of piperidine rings is 1. The summed E-state index contributed by atoms with van der Waals surface area (Å²) in [6, 6.07) is 5.53. The average Bonchev–Trinajstić information content (AvgIpc) is 2.32. The van der Waals surface area contributed by atoms with E-state index >= 15 is 0 Å². The van der Waals surface area contributed by atoms with Crippen LogP contribution in [0.3, 0.4) is 0 Å². The zero-order chi connectivity index (χ0) is 12.4. The van der Waals surface area contributed by atoms with Crippen LogP contribution in [0.25, 0.3) is 0 Å². The van der Waals surface area contributed by atoms with Gasteiger partial charge in [0.1, 0.15) is 6.29 Å². The van der Waals surface area contributed by atoms with E-state index in [2.05, 4.69) is 18.7 Å². The van der Waals surface area contributed by atoms with Gasteiger partial charge in [0.15, 0.2) is 0 Å². The van der Waals surface area contributed by atoms with Crippen molar-refractivity contribution < 1.29 is 4.79 Å². The predicted octanol–water partition coefficient (Wildman–Crippen LogP) is 3.63. The second kappa shape index (κ2) is 5.09. The fourth-order valence-electron chi connectivity index (χ4n) is 2.33. The fourth-order valence-corrected chi connectivity index (χ4v) is 2.64. The van der Waals surface area contributed by atoms with E-state index in [1.54, 1.807) is 6.07 Å². The van der Waals surface area contributed by atoms with Gasteiger partial charge in [0.25, 0.3) is 0 Å². The molecule has 1 aliphatic rings. The number of hydrogen-bond acceptors (Lipinski definition) is 2. The van der Waals surface area contributed by atoms with Crippen molar-refractivity contribution in [1.82, 2.24) is 0 Å². The van der Waals surface area contributed by atoms with Crippen LogP contribution in [0, 0.1) is 11.8 Å². The van der Waals surface area contributed by atoms with Crippen molar-refractivity contribution in [3.63, 3.8) is 0 Å². The van der Waals surface area contributed by atoms with Crippen molar-refractivity contribution in [3.05, 3.63) is 28.8 Å². The van der Waals surface area contributed by atoms with Gasteiger partial charge in [-0.3, -0.25) is 4.79 Å². The SMILES string of the molecule is CC1CCN(c2ccc(C=O)cc2Cl)CC1C. The number of carbonyl (C=O) groups is 1. The molecule has 1 heterocycles. The first-order valence-electron chi connectivity index (χ1n) is 6.11. The summed E-state index contributed by atoms with van der Waals surface area (Å²) in [5.74, 6) is 1.46. The van der Waals surface area contributed by atoms with Crippen LogP contribution in [0.4, 0.5) is 5.69 Å². The van der Waals surface area contributed by atoms with Crippen molar-refractivity contribution in [2.24, 2.45) is 11.8 Å². The topological polar surface area (TPSA) is 20.3 Å². The van der Waals surface area contributed by atoms with E-state index in [0.29, 0.717) is 16.5 Å². The maximum atomic E-state index is 10.7. The zero-order valence-electron chi connectivity index (χ0n) is 10.3. The molecule has 1 aromatic carbocycles. The number of hydrogen-bond donors (Lipinski definition) is 0. The molecule has 1 fully saturated rings. The highest BCUT2D eigenvalue weighted by atomic mass is 35.5. The van der Waals surface area contributed by atoms with Crippen LogP contribution in [0.1, 0.15) is 30.6 Å². The maximum Gasteiger partial charge on any atom is 0.150 e. The van der Waals surface area contributed by atoms with Crippen molar-refractivity contribution in [1.29, 1.82) is 0 Å². The first-order valence-corrected chi connectivity index (χ1v) is 6.49. The molecular formula is C14H18ClNO. The first kappa shape index (κ1) is 12.4. The normalized spacial score (nSPS) is 24.8. The van der Waals surface area contributed by atoms with Gasteiger partial charge in [0, 0.05) is 18.7 Å². The van der Waals surface area contributed by atoms with Crippen LogP contribution in [0.15, 0.2) is 18.2 Å². The minimum absolute atomic E-state index is 0.636. The minimum Gasteiger partial charge on any atom is -0.370 e. The number of rotatable bonds is 2. The van der Waals surface area contributed by atoms with Crippen molar-refractivity contribution in [3.8, 4) is 0 Å². The summed E-state index contributed by atoms with van der Waals surface area (Å²) in [5, 5.41) is 0.677. The monoisotopic (exact) mass is 251 g/mol. The number of anilines is 1. The Bertz CT molecular complexity index is 419. The highest BCUT2D eigenvalue weighted by molar-refractivity contribution is 6.33. The Morgan fingerprint density at radius 3 is 2.71 bits per heavy atom. The summed E-state index contributed by atoms with van der Waals surface area (Å²) in [5.41, 5.74) is 1.69. The average molecular weight is 252 g/mol. The van der Waals surface area contributed by atoms with E-state index in [1.807, 2.05) is 12.1 Å². The highest BCUT2D eigenvalue weighted by Crippen LogP contribution is 2.32. The minimum atomic E-state index is 0.636. The van der Waals surface area contributed by atoms with E-state index in [9.17, 15) is 4.79 Å². The molecule has 0 spiro atoms. The van der Waals surface area contributed by atoms with E-state index in [-0.39, 0.29) is 0 Å². The van der Waals surface area contributed by atoms with E-state index in [1.165, 1.54) is 6.42 Å². The summed E-state index contributed by atoms with van der Waals surface area (Å²) in [6.45, 7) is 6.68. The van der Waals surface area contributed by atoms with Gasteiger partial charge < -0.3 is 4.90 Å².